The Kier molecular flexibility index (Phi) is 35.0. The van der Waals surface area contributed by atoms with E-state index < -0.39 is 150 Å². The number of carbonyl (C=O) groups is 1. The number of rotatable bonds is 29. The number of likely N-dealkylation sites (tertiary alicyclic amines) is 1. The number of carbonyl (C=O) groups excluding carboxylic acids is 1. The highest BCUT2D eigenvalue weighted by atomic mass is 32.2. The molecule has 6 saturated heterocycles. The molecule has 126 heavy (non-hydrogen) atoms. The Labute approximate surface area is 721 Å². The van der Waals surface area contributed by atoms with E-state index in [0.717, 1.165) is 38.9 Å². The molecule has 696 valence electrons. The number of aliphatic hydroxyl groups is 5. The third kappa shape index (κ3) is 25.1. The van der Waals surface area contributed by atoms with Gasteiger partial charge in [-0.25, -0.2) is 24.0 Å². The summed E-state index contributed by atoms with van der Waals surface area (Å²) in [6, 6.07) is 21.7. The first-order valence-corrected chi connectivity index (χ1v) is 41.7. The standard InChI is InChI=1S/2C18H21F2N3O4.C16H22F2N4O4.C16H25F2N3O3.C13H19F2N3O3S/c1-11-6-7-23(17(25)22-11)16-18(19,20)15(24)14(27-16)10-21-9-12-4-3-5-13(8-12)26-2;1-11-7-8-23(17(25)22-11)16-18(19,20)15(24)14(27-16)10-21-9-12-5-3-4-6-13(12)26-2;1-10-4-7-22(15(25)20-10)14-16(17,18)13(24)11(26-14)9-19-5-8-21-6-2-3-12(21)23;1-10-5-8-21(14(23)20-10)13-16(17,18)12(22)11(24-13)9-19-7-6-15(2,3)4;1-8-3-5-18(12(20)17-8)11-13(14,15)10(19)9(21-11)7-16-4-6-22-2/h2*3-8,14-16,21,24H,9-10H2,1-2H3;4,7,11,13-14,19,24H,2-3,5-6,8-9H2,1H3;5,8,11-13,19,22H,6-7,9H2,1-4H3;3,5,9-11,16,19H,4,6-7H2,1-2H3/t2*14-,15-,16-;11-,13-,14-;11-,12-,13-;9-,10-,11-/m11111/s1. The van der Waals surface area contributed by atoms with E-state index in [4.69, 9.17) is 33.2 Å². The topological polar surface area (TPSA) is 421 Å². The van der Waals surface area contributed by atoms with Crippen LogP contribution in [-0.4, -0.2) is 266 Å². The second kappa shape index (κ2) is 43.8. The van der Waals surface area contributed by atoms with Crippen molar-refractivity contribution in [2.75, 3.05) is 91.7 Å². The molecule has 0 spiro atoms. The zero-order chi connectivity index (χ0) is 92.6. The summed E-state index contributed by atoms with van der Waals surface area (Å²) in [6.45, 7) is 17.8. The van der Waals surface area contributed by atoms with E-state index in [1.165, 1.54) is 61.3 Å². The first kappa shape index (κ1) is 101. The number of para-hydroxylation sites is 1. The number of aliphatic hydroxyl groups excluding tert-OH is 5. The number of alkyl halides is 10. The van der Waals surface area contributed by atoms with Crippen LogP contribution in [0.2, 0.25) is 0 Å². The Bertz CT molecular complexity index is 5060. The molecule has 1 amide bonds. The van der Waals surface area contributed by atoms with Crippen molar-refractivity contribution in [3.63, 3.8) is 0 Å². The zero-order valence-corrected chi connectivity index (χ0v) is 71.8. The molecule has 10 N–H and O–H groups in total. The maximum atomic E-state index is 14.5. The summed E-state index contributed by atoms with van der Waals surface area (Å²) in [5.41, 5.74) is -0.271. The predicted octanol–water partition coefficient (Wildman–Crippen LogP) is 4.01. The number of aromatic nitrogens is 10. The minimum absolute atomic E-state index is 0.0154. The number of nitrogens with zero attached hydrogens (tertiary/aromatic N) is 11. The van der Waals surface area contributed by atoms with Crippen LogP contribution in [0.5, 0.6) is 11.5 Å². The van der Waals surface area contributed by atoms with Crippen LogP contribution in [0.25, 0.3) is 0 Å². The fourth-order valence-corrected chi connectivity index (χ4v) is 14.3. The van der Waals surface area contributed by atoms with E-state index in [0.29, 0.717) is 106 Å². The highest BCUT2D eigenvalue weighted by Gasteiger charge is 2.64. The van der Waals surface area contributed by atoms with E-state index in [1.807, 2.05) is 42.7 Å². The summed E-state index contributed by atoms with van der Waals surface area (Å²) in [4.78, 5) is 90.7. The van der Waals surface area contributed by atoms with Crippen LogP contribution in [0.4, 0.5) is 43.9 Å². The molecule has 6 fully saturated rings. The summed E-state index contributed by atoms with van der Waals surface area (Å²) >= 11 is 1.62. The molecule has 5 aromatic heterocycles. The quantitative estimate of drug-likeness (QED) is 0.0234. The third-order valence-electron chi connectivity index (χ3n) is 21.0. The lowest BCUT2D eigenvalue weighted by Gasteiger charge is -2.21. The van der Waals surface area contributed by atoms with Crippen LogP contribution in [0.15, 0.2) is 134 Å². The normalized spacial score (nSPS) is 26.0. The molecule has 34 nitrogen and oxygen atoms in total. The second-order valence-corrected chi connectivity index (χ2v) is 32.8. The van der Waals surface area contributed by atoms with Gasteiger partial charge >= 0.3 is 58.1 Å². The van der Waals surface area contributed by atoms with Gasteiger partial charge in [0.05, 0.1) is 14.2 Å². The van der Waals surface area contributed by atoms with E-state index in [-0.39, 0.29) is 44.0 Å². The van der Waals surface area contributed by atoms with Crippen molar-refractivity contribution >= 4 is 17.7 Å². The summed E-state index contributed by atoms with van der Waals surface area (Å²) < 4.78 is 184. The highest BCUT2D eigenvalue weighted by Crippen LogP contribution is 2.47. The number of nitrogens with one attached hydrogen (secondary N) is 5. The van der Waals surface area contributed by atoms with Crippen molar-refractivity contribution in [2.45, 2.75) is 210 Å². The van der Waals surface area contributed by atoms with Gasteiger partial charge in [0, 0.05) is 149 Å². The largest absolute Gasteiger partial charge is 0.497 e. The van der Waals surface area contributed by atoms with Crippen molar-refractivity contribution in [1.82, 2.24) is 79.2 Å². The Morgan fingerprint density at radius 1 is 0.444 bits per heavy atom. The average Bonchev–Trinajstić information content (AvgIpc) is 1.64. The third-order valence-corrected chi connectivity index (χ3v) is 21.6. The molecule has 0 aliphatic carbocycles. The molecule has 15 atom stereocenters. The van der Waals surface area contributed by atoms with Crippen LogP contribution in [0, 0.1) is 40.0 Å². The Morgan fingerprint density at radius 2 is 0.778 bits per heavy atom. The number of thioether (sulfide) groups is 1. The predicted molar refractivity (Wildman–Crippen MR) is 437 cm³/mol. The van der Waals surface area contributed by atoms with Crippen LogP contribution < -0.4 is 64.5 Å². The number of benzene rings is 2. The lowest BCUT2D eigenvalue weighted by Crippen LogP contribution is -2.44. The lowest BCUT2D eigenvalue weighted by molar-refractivity contribution is -0.140. The molecule has 11 heterocycles. The number of ether oxygens (including phenoxy) is 7. The van der Waals surface area contributed by atoms with Crippen molar-refractivity contribution in [1.29, 1.82) is 0 Å². The summed E-state index contributed by atoms with van der Waals surface area (Å²) in [5.74, 6) is -15.8. The number of halogens is 10. The average molecular weight is 1820 g/mol. The fourth-order valence-electron chi connectivity index (χ4n) is 13.9. The molecule has 0 bridgehead atoms. The summed E-state index contributed by atoms with van der Waals surface area (Å²) in [7, 11) is 3.10. The minimum atomic E-state index is -3.63. The van der Waals surface area contributed by atoms with E-state index in [2.05, 4.69) is 72.3 Å². The van der Waals surface area contributed by atoms with Gasteiger partial charge in [0.1, 0.15) is 72.5 Å². The first-order valence-electron chi connectivity index (χ1n) is 40.3. The molecular formula is C81H108F10N16O18S. The number of methoxy groups -OCH3 is 2. The van der Waals surface area contributed by atoms with Crippen molar-refractivity contribution in [3.05, 3.63) is 202 Å². The number of hydrogen-bond acceptors (Lipinski definition) is 29. The molecule has 7 aromatic rings. The highest BCUT2D eigenvalue weighted by molar-refractivity contribution is 7.98. The van der Waals surface area contributed by atoms with Gasteiger partial charge in [-0.2, -0.15) is 80.6 Å². The maximum absolute atomic E-state index is 14.5. The van der Waals surface area contributed by atoms with Crippen molar-refractivity contribution in [2.24, 2.45) is 5.41 Å². The molecular weight excluding hydrogens is 1710 g/mol. The van der Waals surface area contributed by atoms with Gasteiger partial charge in [0.15, 0.2) is 0 Å². The van der Waals surface area contributed by atoms with Gasteiger partial charge in [-0.3, -0.25) is 27.6 Å². The van der Waals surface area contributed by atoms with Crippen molar-refractivity contribution in [3.8, 4) is 11.5 Å². The zero-order valence-electron chi connectivity index (χ0n) is 71.0. The Morgan fingerprint density at radius 3 is 1.10 bits per heavy atom. The molecule has 2 aromatic carbocycles. The van der Waals surface area contributed by atoms with E-state index in [9.17, 15) is 98.2 Å². The van der Waals surface area contributed by atoms with Crippen LogP contribution >= 0.6 is 11.8 Å². The number of amides is 1. The van der Waals surface area contributed by atoms with Crippen molar-refractivity contribution < 1.29 is 107 Å². The van der Waals surface area contributed by atoms with Gasteiger partial charge in [0.25, 0.3) is 0 Å². The molecule has 0 saturated carbocycles. The van der Waals surface area contributed by atoms with Gasteiger partial charge in [0.2, 0.25) is 37.0 Å². The monoisotopic (exact) mass is 1810 g/mol. The molecule has 45 heteroatoms. The van der Waals surface area contributed by atoms with E-state index >= 15 is 0 Å². The SMILES string of the molecule is COc1cccc(CNC[C@H]2O[C@@H](n3ccc(C)nc3=O)C(F)(F)[C@@H]2O)c1.COc1ccccc1CNC[C@H]1O[C@@H](n2ccc(C)nc2=O)C(F)(F)[C@@H]1O.CSCCNC[C@H]1O[C@@H](n2ccc(C)nc2=O)C(F)(F)[C@@H]1O.Cc1ccn([C@@H]2O[C@H](CNCCC(C)(C)C)[C@@H](O)C2(F)F)c(=O)n1.Cc1ccn([C@@H]2O[C@H](CNCCN3CCCC3=O)[C@@H](O)C2(F)F)c(=O)n1. The fraction of sp³-hybridized carbons (Fsp3) is 0.593. The van der Waals surface area contributed by atoms with Crippen LogP contribution in [0.3, 0.4) is 0 Å². The lowest BCUT2D eigenvalue weighted by atomic mass is 9.92. The molecule has 0 unspecified atom stereocenters. The first-order chi connectivity index (χ1) is 59.4. The van der Waals surface area contributed by atoms with Gasteiger partial charge in [-0.05, 0) is 120 Å². The Hall–Kier alpha value is -9.04. The molecule has 6 aliphatic rings. The van der Waals surface area contributed by atoms with Gasteiger partial charge < -0.3 is 90.2 Å². The summed E-state index contributed by atoms with van der Waals surface area (Å²) in [5, 5.41) is 64.5. The molecule has 6 aliphatic heterocycles. The molecule has 0 radical (unpaired) electrons. The van der Waals surface area contributed by atoms with Crippen LogP contribution in [0.1, 0.15) is 111 Å². The second-order valence-electron chi connectivity index (χ2n) is 31.9. The summed E-state index contributed by atoms with van der Waals surface area (Å²) in [6.07, 6.45) is -15.1. The molecule has 13 rings (SSSR count). The number of hydrogen-bond donors (Lipinski definition) is 10. The van der Waals surface area contributed by atoms with Crippen LogP contribution in [-0.2, 0) is 41.6 Å². The number of aryl methyl sites for hydroxylation is 5. The van der Waals surface area contributed by atoms with Gasteiger partial charge in [-0.1, -0.05) is 51.1 Å². The minimum Gasteiger partial charge on any atom is -0.497 e. The van der Waals surface area contributed by atoms with E-state index in [1.54, 1.807) is 77.6 Å². The maximum Gasteiger partial charge on any atom is 0.350 e. The van der Waals surface area contributed by atoms with Gasteiger partial charge in [-0.15, -0.1) is 0 Å². The smallest absolute Gasteiger partial charge is 0.350 e. The Balaban J connectivity index is 0.000000179.